The number of aromatic amines is 1. The zero-order chi connectivity index (χ0) is 17.4. The Labute approximate surface area is 151 Å². The molecule has 0 atom stereocenters. The predicted octanol–water partition coefficient (Wildman–Crippen LogP) is 3.38. The SMILES string of the molecule is CCc1[nH]c2nc(Sc3nc4ccccc4s3)nc(NN)c2c1C=O. The number of anilines is 1. The lowest BCUT2D eigenvalue weighted by atomic mass is 10.1. The van der Waals surface area contributed by atoms with E-state index in [0.29, 0.717) is 34.0 Å². The van der Waals surface area contributed by atoms with Crippen molar-refractivity contribution in [2.45, 2.75) is 22.8 Å². The van der Waals surface area contributed by atoms with E-state index in [1.807, 2.05) is 31.2 Å². The first-order valence-corrected chi connectivity index (χ1v) is 9.24. The third-order valence-electron chi connectivity index (χ3n) is 3.81. The predicted molar refractivity (Wildman–Crippen MR) is 100 cm³/mol. The minimum absolute atomic E-state index is 0.423. The molecule has 4 N–H and O–H groups in total. The van der Waals surface area contributed by atoms with Gasteiger partial charge in [-0.1, -0.05) is 19.1 Å². The molecule has 0 spiro atoms. The normalized spacial score (nSPS) is 11.3. The summed E-state index contributed by atoms with van der Waals surface area (Å²) in [6, 6.07) is 7.95. The Hall–Kier alpha value is -2.49. The van der Waals surface area contributed by atoms with Gasteiger partial charge in [0.25, 0.3) is 0 Å². The molecule has 0 radical (unpaired) electrons. The highest BCUT2D eigenvalue weighted by Crippen LogP contribution is 2.35. The fraction of sp³-hybridized carbons (Fsp3) is 0.125. The molecule has 4 rings (SSSR count). The quantitative estimate of drug-likeness (QED) is 0.214. The Morgan fingerprint density at radius 2 is 2.16 bits per heavy atom. The second-order valence-electron chi connectivity index (χ2n) is 5.26. The van der Waals surface area contributed by atoms with Crippen LogP contribution in [-0.4, -0.2) is 26.2 Å². The third kappa shape index (κ3) is 2.76. The van der Waals surface area contributed by atoms with Crippen LogP contribution >= 0.6 is 23.1 Å². The van der Waals surface area contributed by atoms with Crippen LogP contribution in [0, 0.1) is 0 Å². The summed E-state index contributed by atoms with van der Waals surface area (Å²) in [6.45, 7) is 1.97. The molecular formula is C16H14N6OS2. The number of nitrogens with zero attached hydrogens (tertiary/aromatic N) is 3. The number of hydrogen-bond acceptors (Lipinski definition) is 8. The molecule has 0 saturated carbocycles. The summed E-state index contributed by atoms with van der Waals surface area (Å²) in [4.78, 5) is 28.2. The number of hydrazine groups is 1. The number of nitrogens with one attached hydrogen (secondary N) is 2. The third-order valence-corrected chi connectivity index (χ3v) is 5.78. The highest BCUT2D eigenvalue weighted by molar-refractivity contribution is 8.01. The molecule has 9 heteroatoms. The zero-order valence-electron chi connectivity index (χ0n) is 13.2. The van der Waals surface area contributed by atoms with Crippen molar-refractivity contribution < 1.29 is 4.79 Å². The van der Waals surface area contributed by atoms with Crippen LogP contribution in [0.5, 0.6) is 0 Å². The number of hydrogen-bond donors (Lipinski definition) is 3. The molecule has 0 fully saturated rings. The molecule has 0 unspecified atom stereocenters. The summed E-state index contributed by atoms with van der Waals surface area (Å²) in [6.07, 6.45) is 1.50. The number of para-hydroxylation sites is 1. The van der Waals surface area contributed by atoms with Gasteiger partial charge >= 0.3 is 0 Å². The average Bonchev–Trinajstić information content (AvgIpc) is 3.20. The first kappa shape index (κ1) is 16.0. The van der Waals surface area contributed by atoms with Gasteiger partial charge in [-0.15, -0.1) is 11.3 Å². The highest BCUT2D eigenvalue weighted by atomic mass is 32.2. The molecule has 3 heterocycles. The molecule has 0 aliphatic heterocycles. The second kappa shape index (κ2) is 6.43. The molecule has 0 aliphatic carbocycles. The van der Waals surface area contributed by atoms with Gasteiger partial charge in [-0.05, 0) is 30.3 Å². The Morgan fingerprint density at radius 1 is 1.32 bits per heavy atom. The monoisotopic (exact) mass is 370 g/mol. The fourth-order valence-electron chi connectivity index (χ4n) is 2.68. The van der Waals surface area contributed by atoms with Crippen molar-refractivity contribution in [3.63, 3.8) is 0 Å². The van der Waals surface area contributed by atoms with Crippen LogP contribution in [-0.2, 0) is 6.42 Å². The molecule has 0 aliphatic rings. The Bertz CT molecular complexity index is 1050. The molecule has 0 bridgehead atoms. The lowest BCUT2D eigenvalue weighted by molar-refractivity contribution is 0.112. The van der Waals surface area contributed by atoms with Crippen molar-refractivity contribution in [2.24, 2.45) is 5.84 Å². The highest BCUT2D eigenvalue weighted by Gasteiger charge is 2.18. The maximum absolute atomic E-state index is 11.4. The number of nitrogens with two attached hydrogens (primary N) is 1. The molecule has 0 saturated heterocycles. The second-order valence-corrected chi connectivity index (χ2v) is 7.51. The van der Waals surface area contributed by atoms with E-state index in [9.17, 15) is 4.79 Å². The van der Waals surface area contributed by atoms with Crippen LogP contribution in [0.25, 0.3) is 21.3 Å². The van der Waals surface area contributed by atoms with E-state index in [4.69, 9.17) is 5.84 Å². The van der Waals surface area contributed by atoms with Crippen molar-refractivity contribution >= 4 is 56.5 Å². The van der Waals surface area contributed by atoms with Crippen LogP contribution in [0.15, 0.2) is 33.8 Å². The molecule has 1 aromatic carbocycles. The van der Waals surface area contributed by atoms with Gasteiger partial charge in [-0.25, -0.2) is 20.8 Å². The first-order chi connectivity index (χ1) is 12.2. The zero-order valence-corrected chi connectivity index (χ0v) is 14.9. The van der Waals surface area contributed by atoms with Crippen LogP contribution in [0.2, 0.25) is 0 Å². The molecule has 3 aromatic heterocycles. The van der Waals surface area contributed by atoms with Gasteiger partial charge in [-0.3, -0.25) is 4.79 Å². The first-order valence-electron chi connectivity index (χ1n) is 7.61. The van der Waals surface area contributed by atoms with Crippen molar-refractivity contribution in [1.29, 1.82) is 0 Å². The van der Waals surface area contributed by atoms with E-state index in [0.717, 1.165) is 26.5 Å². The fourth-order valence-corrected chi connectivity index (χ4v) is 4.61. The number of nitrogen functional groups attached to an aromatic ring is 1. The van der Waals surface area contributed by atoms with Crippen LogP contribution in [0.1, 0.15) is 23.0 Å². The molecule has 25 heavy (non-hydrogen) atoms. The van der Waals surface area contributed by atoms with Crippen LogP contribution in [0.3, 0.4) is 0 Å². The molecule has 7 nitrogen and oxygen atoms in total. The maximum atomic E-state index is 11.4. The van der Waals surface area contributed by atoms with E-state index in [2.05, 4.69) is 25.4 Å². The topological polar surface area (TPSA) is 110 Å². The summed E-state index contributed by atoms with van der Waals surface area (Å²) in [5.41, 5.74) is 5.47. The number of aromatic nitrogens is 4. The van der Waals surface area contributed by atoms with Crippen molar-refractivity contribution in [1.82, 2.24) is 19.9 Å². The van der Waals surface area contributed by atoms with E-state index < -0.39 is 0 Å². The van der Waals surface area contributed by atoms with Gasteiger partial charge in [0.1, 0.15) is 5.65 Å². The van der Waals surface area contributed by atoms with E-state index in [1.165, 1.54) is 11.8 Å². The van der Waals surface area contributed by atoms with Gasteiger partial charge < -0.3 is 10.4 Å². The van der Waals surface area contributed by atoms with Gasteiger partial charge in [-0.2, -0.15) is 0 Å². The summed E-state index contributed by atoms with van der Waals surface area (Å²) >= 11 is 2.95. The van der Waals surface area contributed by atoms with Gasteiger partial charge in [0.15, 0.2) is 21.6 Å². The van der Waals surface area contributed by atoms with Gasteiger partial charge in [0, 0.05) is 11.3 Å². The number of benzene rings is 1. The summed E-state index contributed by atoms with van der Waals surface area (Å²) in [5, 5.41) is 1.13. The lowest BCUT2D eigenvalue weighted by Gasteiger charge is -2.04. The number of H-pyrrole nitrogens is 1. The Morgan fingerprint density at radius 3 is 2.88 bits per heavy atom. The number of rotatable bonds is 5. The number of fused-ring (bicyclic) bond motifs is 2. The van der Waals surface area contributed by atoms with E-state index in [-0.39, 0.29) is 0 Å². The standard InChI is InChI=1S/C16H14N6OS2/c1-2-9-8(7-23)12-13(18-9)20-15(21-14(12)22-17)25-16-19-10-5-3-4-6-11(10)24-16/h3-7H,2,17H2,1H3,(H2,18,20,21,22). The molecule has 0 amide bonds. The van der Waals surface area contributed by atoms with Crippen molar-refractivity contribution in [3.8, 4) is 0 Å². The number of carbonyl (C=O) groups excluding carboxylic acids is 1. The minimum atomic E-state index is 0.423. The Balaban J connectivity index is 1.80. The smallest absolute Gasteiger partial charge is 0.198 e. The number of thiazole rings is 1. The number of aryl methyl sites for hydroxylation is 1. The molecule has 4 aromatic rings. The maximum Gasteiger partial charge on any atom is 0.198 e. The summed E-state index contributed by atoms with van der Waals surface area (Å²) in [7, 11) is 0. The molecular weight excluding hydrogens is 356 g/mol. The largest absolute Gasteiger partial charge is 0.342 e. The van der Waals surface area contributed by atoms with Gasteiger partial charge in [0.2, 0.25) is 0 Å². The van der Waals surface area contributed by atoms with Crippen molar-refractivity contribution in [3.05, 3.63) is 35.5 Å². The van der Waals surface area contributed by atoms with E-state index >= 15 is 0 Å². The number of carbonyl (C=O) groups is 1. The average molecular weight is 370 g/mol. The lowest BCUT2D eigenvalue weighted by Crippen LogP contribution is -2.10. The summed E-state index contributed by atoms with van der Waals surface area (Å²) < 4.78 is 1.96. The van der Waals surface area contributed by atoms with Crippen molar-refractivity contribution in [2.75, 3.05) is 5.43 Å². The minimum Gasteiger partial charge on any atom is -0.342 e. The van der Waals surface area contributed by atoms with Gasteiger partial charge in [0.05, 0.1) is 15.6 Å². The Kier molecular flexibility index (Phi) is 4.12. The molecule has 126 valence electrons. The van der Waals surface area contributed by atoms with Crippen LogP contribution in [0.4, 0.5) is 5.82 Å². The van der Waals surface area contributed by atoms with E-state index in [1.54, 1.807) is 11.3 Å². The number of aldehydes is 1. The summed E-state index contributed by atoms with van der Waals surface area (Å²) in [5.74, 6) is 6.04. The van der Waals surface area contributed by atoms with Crippen LogP contribution < -0.4 is 11.3 Å².